The van der Waals surface area contributed by atoms with Gasteiger partial charge in [0.1, 0.15) is 5.76 Å². The summed E-state index contributed by atoms with van der Waals surface area (Å²) >= 11 is 5.86. The van der Waals surface area contributed by atoms with E-state index in [1.165, 1.54) is 5.56 Å². The average Bonchev–Trinajstić information content (AvgIpc) is 2.84. The fourth-order valence-corrected chi connectivity index (χ4v) is 2.03. The van der Waals surface area contributed by atoms with Gasteiger partial charge in [0.25, 0.3) is 0 Å². The van der Waals surface area contributed by atoms with E-state index >= 15 is 0 Å². The van der Waals surface area contributed by atoms with E-state index in [0.717, 1.165) is 23.6 Å². The lowest BCUT2D eigenvalue weighted by molar-refractivity contribution is 0.441. The van der Waals surface area contributed by atoms with Gasteiger partial charge in [-0.05, 0) is 48.7 Å². The maximum atomic E-state index is 5.86. The van der Waals surface area contributed by atoms with Gasteiger partial charge in [-0.25, -0.2) is 0 Å². The SMILES string of the molecule is NCC(Cc1ccc(Cl)cc1)Cc1ccco1. The molecule has 0 bridgehead atoms. The van der Waals surface area contributed by atoms with Crippen LogP contribution in [0.2, 0.25) is 5.02 Å². The molecule has 1 heterocycles. The molecule has 3 heteroatoms. The summed E-state index contributed by atoms with van der Waals surface area (Å²) in [5.41, 5.74) is 7.06. The predicted octanol–water partition coefficient (Wildman–Crippen LogP) is 3.29. The second kappa shape index (κ2) is 5.89. The molecule has 0 aliphatic carbocycles. The molecule has 2 rings (SSSR count). The van der Waals surface area contributed by atoms with Crippen LogP contribution < -0.4 is 5.73 Å². The first-order valence-corrected chi connectivity index (χ1v) is 6.12. The van der Waals surface area contributed by atoms with Crippen LogP contribution in [0, 0.1) is 5.92 Å². The van der Waals surface area contributed by atoms with Gasteiger partial charge in [-0.15, -0.1) is 0 Å². The Hall–Kier alpha value is -1.25. The van der Waals surface area contributed by atoms with Crippen LogP contribution in [0.4, 0.5) is 0 Å². The average molecular weight is 250 g/mol. The van der Waals surface area contributed by atoms with Crippen LogP contribution in [0.15, 0.2) is 47.1 Å². The third kappa shape index (κ3) is 3.62. The number of benzene rings is 1. The van der Waals surface area contributed by atoms with Crippen molar-refractivity contribution in [2.75, 3.05) is 6.54 Å². The van der Waals surface area contributed by atoms with E-state index in [-0.39, 0.29) is 0 Å². The van der Waals surface area contributed by atoms with E-state index in [1.807, 2.05) is 36.4 Å². The van der Waals surface area contributed by atoms with E-state index in [9.17, 15) is 0 Å². The zero-order chi connectivity index (χ0) is 12.1. The number of nitrogens with two attached hydrogens (primary N) is 1. The number of hydrogen-bond donors (Lipinski definition) is 1. The lowest BCUT2D eigenvalue weighted by atomic mass is 9.95. The minimum atomic E-state index is 0.405. The highest BCUT2D eigenvalue weighted by Gasteiger charge is 2.10. The molecule has 0 saturated heterocycles. The molecular weight excluding hydrogens is 234 g/mol. The Morgan fingerprint density at radius 1 is 1.12 bits per heavy atom. The van der Waals surface area contributed by atoms with Gasteiger partial charge < -0.3 is 10.2 Å². The molecule has 0 aliphatic heterocycles. The van der Waals surface area contributed by atoms with Crippen molar-refractivity contribution in [1.29, 1.82) is 0 Å². The molecular formula is C14H16ClNO. The third-order valence-corrected chi connectivity index (χ3v) is 3.09. The van der Waals surface area contributed by atoms with Crippen molar-refractivity contribution in [2.24, 2.45) is 11.7 Å². The maximum absolute atomic E-state index is 5.86. The van der Waals surface area contributed by atoms with Crippen molar-refractivity contribution >= 4 is 11.6 Å². The summed E-state index contributed by atoms with van der Waals surface area (Å²) in [7, 11) is 0. The summed E-state index contributed by atoms with van der Waals surface area (Å²) in [5.74, 6) is 1.40. The normalized spacial score (nSPS) is 12.6. The van der Waals surface area contributed by atoms with E-state index in [0.29, 0.717) is 12.5 Å². The first kappa shape index (κ1) is 12.2. The highest BCUT2D eigenvalue weighted by Crippen LogP contribution is 2.16. The van der Waals surface area contributed by atoms with Gasteiger partial charge in [-0.2, -0.15) is 0 Å². The van der Waals surface area contributed by atoms with E-state index in [4.69, 9.17) is 21.8 Å². The minimum absolute atomic E-state index is 0.405. The van der Waals surface area contributed by atoms with Crippen LogP contribution in [0.1, 0.15) is 11.3 Å². The van der Waals surface area contributed by atoms with Crippen LogP contribution in [-0.4, -0.2) is 6.54 Å². The Balaban J connectivity index is 1.97. The summed E-state index contributed by atoms with van der Waals surface area (Å²) in [6.45, 7) is 0.656. The Morgan fingerprint density at radius 2 is 1.88 bits per heavy atom. The Morgan fingerprint density at radius 3 is 2.47 bits per heavy atom. The first-order chi connectivity index (χ1) is 8.28. The van der Waals surface area contributed by atoms with Gasteiger partial charge in [-0.1, -0.05) is 23.7 Å². The molecule has 1 aromatic heterocycles. The van der Waals surface area contributed by atoms with Crippen molar-refractivity contribution < 1.29 is 4.42 Å². The van der Waals surface area contributed by atoms with Gasteiger partial charge >= 0.3 is 0 Å². The lowest BCUT2D eigenvalue weighted by Gasteiger charge is -2.13. The molecule has 0 amide bonds. The van der Waals surface area contributed by atoms with Gasteiger partial charge in [0.2, 0.25) is 0 Å². The van der Waals surface area contributed by atoms with Gasteiger partial charge in [-0.3, -0.25) is 0 Å². The highest BCUT2D eigenvalue weighted by atomic mass is 35.5. The van der Waals surface area contributed by atoms with Crippen molar-refractivity contribution in [3.8, 4) is 0 Å². The van der Waals surface area contributed by atoms with E-state index < -0.39 is 0 Å². The molecule has 2 N–H and O–H groups in total. The van der Waals surface area contributed by atoms with Crippen molar-refractivity contribution in [3.05, 3.63) is 59.0 Å². The molecule has 17 heavy (non-hydrogen) atoms. The number of halogens is 1. The zero-order valence-corrected chi connectivity index (χ0v) is 10.4. The van der Waals surface area contributed by atoms with Crippen molar-refractivity contribution in [1.82, 2.24) is 0 Å². The van der Waals surface area contributed by atoms with Crippen LogP contribution in [0.5, 0.6) is 0 Å². The standard InChI is InChI=1S/C14H16ClNO/c15-13-5-3-11(4-6-13)8-12(10-16)9-14-2-1-7-17-14/h1-7,12H,8-10,16H2. The largest absolute Gasteiger partial charge is 0.469 e. The first-order valence-electron chi connectivity index (χ1n) is 5.75. The van der Waals surface area contributed by atoms with Crippen LogP contribution >= 0.6 is 11.6 Å². The van der Waals surface area contributed by atoms with E-state index in [2.05, 4.69) is 0 Å². The molecule has 90 valence electrons. The Kier molecular flexibility index (Phi) is 4.24. The molecule has 1 aromatic carbocycles. The van der Waals surface area contributed by atoms with Crippen LogP contribution in [0.3, 0.4) is 0 Å². The van der Waals surface area contributed by atoms with Gasteiger partial charge in [0, 0.05) is 11.4 Å². The Bertz CT molecular complexity index is 436. The van der Waals surface area contributed by atoms with Crippen molar-refractivity contribution in [3.63, 3.8) is 0 Å². The minimum Gasteiger partial charge on any atom is -0.469 e. The second-order valence-electron chi connectivity index (χ2n) is 4.22. The number of furan rings is 1. The van der Waals surface area contributed by atoms with Crippen LogP contribution in [0.25, 0.3) is 0 Å². The Labute approximate surface area is 106 Å². The lowest BCUT2D eigenvalue weighted by Crippen LogP contribution is -2.19. The smallest absolute Gasteiger partial charge is 0.104 e. The molecule has 0 radical (unpaired) electrons. The van der Waals surface area contributed by atoms with Crippen LogP contribution in [-0.2, 0) is 12.8 Å². The monoisotopic (exact) mass is 249 g/mol. The molecule has 0 aliphatic rings. The molecule has 1 unspecified atom stereocenters. The quantitative estimate of drug-likeness (QED) is 0.883. The molecule has 0 saturated carbocycles. The fraction of sp³-hybridized carbons (Fsp3) is 0.286. The zero-order valence-electron chi connectivity index (χ0n) is 9.60. The summed E-state index contributed by atoms with van der Waals surface area (Å²) in [6, 6.07) is 11.8. The van der Waals surface area contributed by atoms with Gasteiger partial charge in [0.05, 0.1) is 6.26 Å². The maximum Gasteiger partial charge on any atom is 0.104 e. The van der Waals surface area contributed by atoms with Gasteiger partial charge in [0.15, 0.2) is 0 Å². The molecule has 2 aromatic rings. The summed E-state index contributed by atoms with van der Waals surface area (Å²) in [6.07, 6.45) is 3.53. The highest BCUT2D eigenvalue weighted by molar-refractivity contribution is 6.30. The predicted molar refractivity (Wildman–Crippen MR) is 70.1 cm³/mol. The fourth-order valence-electron chi connectivity index (χ4n) is 1.91. The molecule has 0 spiro atoms. The molecule has 0 fully saturated rings. The number of rotatable bonds is 5. The van der Waals surface area contributed by atoms with Crippen molar-refractivity contribution in [2.45, 2.75) is 12.8 Å². The second-order valence-corrected chi connectivity index (χ2v) is 4.65. The number of hydrogen-bond acceptors (Lipinski definition) is 2. The summed E-state index contributed by atoms with van der Waals surface area (Å²) in [5, 5.41) is 0.768. The third-order valence-electron chi connectivity index (χ3n) is 2.84. The van der Waals surface area contributed by atoms with E-state index in [1.54, 1.807) is 6.26 Å². The molecule has 2 nitrogen and oxygen atoms in total. The summed E-state index contributed by atoms with van der Waals surface area (Å²) in [4.78, 5) is 0. The molecule has 1 atom stereocenters. The topological polar surface area (TPSA) is 39.2 Å². The summed E-state index contributed by atoms with van der Waals surface area (Å²) < 4.78 is 5.35.